The van der Waals surface area contributed by atoms with Crippen molar-refractivity contribution in [2.75, 3.05) is 49.1 Å². The van der Waals surface area contributed by atoms with Crippen LogP contribution in [0.4, 0.5) is 17.1 Å². The fourth-order valence-corrected chi connectivity index (χ4v) is 4.69. The average Bonchev–Trinajstić information content (AvgIpc) is 2.78. The summed E-state index contributed by atoms with van der Waals surface area (Å²) in [5.41, 5.74) is 2.03. The molecule has 1 atom stereocenters. The number of benzene rings is 2. The van der Waals surface area contributed by atoms with Crippen LogP contribution in [-0.2, 0) is 0 Å². The van der Waals surface area contributed by atoms with Gasteiger partial charge in [-0.2, -0.15) is 0 Å². The van der Waals surface area contributed by atoms with Crippen LogP contribution in [0, 0.1) is 16.0 Å². The number of carbonyl (C=O) groups excluding carboxylic acids is 1. The lowest BCUT2D eigenvalue weighted by Crippen LogP contribution is -2.48. The summed E-state index contributed by atoms with van der Waals surface area (Å²) in [5, 5.41) is 12.4. The summed E-state index contributed by atoms with van der Waals surface area (Å²) in [7, 11) is 0. The lowest BCUT2D eigenvalue weighted by Gasteiger charge is -2.36. The van der Waals surface area contributed by atoms with E-state index in [-0.39, 0.29) is 16.5 Å². The molecule has 0 radical (unpaired) electrons. The van der Waals surface area contributed by atoms with E-state index in [0.29, 0.717) is 48.4 Å². The molecule has 8 heteroatoms. The second kappa shape index (κ2) is 9.14. The monoisotopic (exact) mass is 442 g/mol. The zero-order chi connectivity index (χ0) is 22.0. The Bertz CT molecular complexity index is 975. The number of rotatable bonds is 4. The maximum Gasteiger partial charge on any atom is 0.293 e. The van der Waals surface area contributed by atoms with Crippen LogP contribution in [0.1, 0.15) is 30.1 Å². The number of carbonyl (C=O) groups is 1. The van der Waals surface area contributed by atoms with Gasteiger partial charge in [-0.05, 0) is 49.1 Å². The quantitative estimate of drug-likeness (QED) is 0.517. The van der Waals surface area contributed by atoms with Gasteiger partial charge in [0.1, 0.15) is 5.69 Å². The topological polar surface area (TPSA) is 69.9 Å². The Morgan fingerprint density at radius 1 is 1.06 bits per heavy atom. The van der Waals surface area contributed by atoms with E-state index >= 15 is 0 Å². The standard InChI is InChI=1S/C23H27ClN4O3/c1-17-4-3-9-27(16-17)21-8-7-18(14-22(21)28(30)31)23(29)26-12-10-25(11-13-26)20-6-2-5-19(24)15-20/h2,5-8,14-15,17H,3-4,9-13,16H2,1H3. The van der Waals surface area contributed by atoms with Crippen molar-refractivity contribution < 1.29 is 9.72 Å². The summed E-state index contributed by atoms with van der Waals surface area (Å²) in [6, 6.07) is 12.6. The number of anilines is 2. The molecule has 2 aliphatic heterocycles. The molecule has 0 spiro atoms. The molecule has 2 fully saturated rings. The Hall–Kier alpha value is -2.80. The highest BCUT2D eigenvalue weighted by Gasteiger charge is 2.28. The Labute approximate surface area is 187 Å². The molecule has 2 aliphatic rings. The van der Waals surface area contributed by atoms with E-state index in [4.69, 9.17) is 11.6 Å². The second-order valence-corrected chi connectivity index (χ2v) is 8.85. The van der Waals surface area contributed by atoms with Crippen LogP contribution in [0.15, 0.2) is 42.5 Å². The molecule has 7 nitrogen and oxygen atoms in total. The van der Waals surface area contributed by atoms with E-state index in [9.17, 15) is 14.9 Å². The Morgan fingerprint density at radius 2 is 1.84 bits per heavy atom. The molecule has 4 rings (SSSR count). The first-order valence-corrected chi connectivity index (χ1v) is 11.1. The van der Waals surface area contributed by atoms with Crippen LogP contribution in [0.5, 0.6) is 0 Å². The van der Waals surface area contributed by atoms with Gasteiger partial charge in [-0.25, -0.2) is 0 Å². The molecule has 2 aromatic carbocycles. The average molecular weight is 443 g/mol. The highest BCUT2D eigenvalue weighted by Crippen LogP contribution is 2.33. The van der Waals surface area contributed by atoms with Crippen LogP contribution in [0.2, 0.25) is 5.02 Å². The van der Waals surface area contributed by atoms with Crippen molar-refractivity contribution in [1.82, 2.24) is 4.90 Å². The number of nitrogens with zero attached hydrogens (tertiary/aromatic N) is 4. The van der Waals surface area contributed by atoms with E-state index < -0.39 is 0 Å². The number of hydrogen-bond donors (Lipinski definition) is 0. The maximum atomic E-state index is 13.1. The zero-order valence-corrected chi connectivity index (χ0v) is 18.4. The van der Waals surface area contributed by atoms with Crippen LogP contribution in [0.3, 0.4) is 0 Å². The zero-order valence-electron chi connectivity index (χ0n) is 17.7. The molecule has 2 saturated heterocycles. The van der Waals surface area contributed by atoms with Crippen molar-refractivity contribution in [1.29, 1.82) is 0 Å². The molecule has 1 amide bonds. The van der Waals surface area contributed by atoms with Crippen LogP contribution in [0.25, 0.3) is 0 Å². The number of piperazine rings is 1. The van der Waals surface area contributed by atoms with E-state index in [0.717, 1.165) is 31.6 Å². The number of nitro benzene ring substituents is 1. The smallest absolute Gasteiger partial charge is 0.293 e. The van der Waals surface area contributed by atoms with Crippen molar-refractivity contribution in [2.45, 2.75) is 19.8 Å². The third-order valence-electron chi connectivity index (χ3n) is 6.16. The predicted molar refractivity (Wildman–Crippen MR) is 123 cm³/mol. The SMILES string of the molecule is CC1CCCN(c2ccc(C(=O)N3CCN(c4cccc(Cl)c4)CC3)cc2[N+](=O)[O-])C1. The Morgan fingerprint density at radius 3 is 2.52 bits per heavy atom. The number of halogens is 1. The fraction of sp³-hybridized carbons (Fsp3) is 0.435. The normalized spacial score (nSPS) is 19.4. The molecule has 31 heavy (non-hydrogen) atoms. The first-order valence-electron chi connectivity index (χ1n) is 10.8. The van der Waals surface area contributed by atoms with Gasteiger partial charge in [0.2, 0.25) is 0 Å². The summed E-state index contributed by atoms with van der Waals surface area (Å²) < 4.78 is 0. The fourth-order valence-electron chi connectivity index (χ4n) is 4.50. The van der Waals surface area contributed by atoms with Gasteiger partial charge in [0.25, 0.3) is 11.6 Å². The lowest BCUT2D eigenvalue weighted by molar-refractivity contribution is -0.384. The van der Waals surface area contributed by atoms with Gasteiger partial charge < -0.3 is 14.7 Å². The summed E-state index contributed by atoms with van der Waals surface area (Å²) in [4.78, 5) is 30.5. The van der Waals surface area contributed by atoms with Crippen molar-refractivity contribution in [3.63, 3.8) is 0 Å². The summed E-state index contributed by atoms with van der Waals surface area (Å²) in [6.07, 6.45) is 2.16. The van der Waals surface area contributed by atoms with Crippen molar-refractivity contribution in [3.8, 4) is 0 Å². The molecule has 0 aliphatic carbocycles. The molecular weight excluding hydrogens is 416 g/mol. The van der Waals surface area contributed by atoms with Gasteiger partial charge in [-0.1, -0.05) is 24.6 Å². The molecule has 2 heterocycles. The summed E-state index contributed by atoms with van der Waals surface area (Å²) in [6.45, 7) is 6.29. The predicted octanol–water partition coefficient (Wildman–Crippen LogP) is 4.45. The van der Waals surface area contributed by atoms with Crippen LogP contribution >= 0.6 is 11.6 Å². The highest BCUT2D eigenvalue weighted by molar-refractivity contribution is 6.30. The van der Waals surface area contributed by atoms with Crippen LogP contribution < -0.4 is 9.80 Å². The number of amides is 1. The Balaban J connectivity index is 1.47. The van der Waals surface area contributed by atoms with Crippen molar-refractivity contribution in [3.05, 3.63) is 63.2 Å². The van der Waals surface area contributed by atoms with Crippen molar-refractivity contribution in [2.24, 2.45) is 5.92 Å². The Kier molecular flexibility index (Phi) is 6.32. The summed E-state index contributed by atoms with van der Waals surface area (Å²) >= 11 is 6.09. The first kappa shape index (κ1) is 21.4. The molecule has 164 valence electrons. The lowest BCUT2D eigenvalue weighted by atomic mass is 9.99. The van der Waals surface area contributed by atoms with Crippen molar-refractivity contribution >= 4 is 34.6 Å². The minimum atomic E-state index is -0.373. The van der Waals surface area contributed by atoms with Crippen LogP contribution in [-0.4, -0.2) is 55.0 Å². The van der Waals surface area contributed by atoms with Gasteiger partial charge >= 0.3 is 0 Å². The van der Waals surface area contributed by atoms with E-state index in [1.807, 2.05) is 24.3 Å². The molecule has 0 aromatic heterocycles. The minimum Gasteiger partial charge on any atom is -0.368 e. The highest BCUT2D eigenvalue weighted by atomic mass is 35.5. The molecule has 0 bridgehead atoms. The van der Waals surface area contributed by atoms with E-state index in [1.165, 1.54) is 6.07 Å². The van der Waals surface area contributed by atoms with Gasteiger partial charge in [-0.3, -0.25) is 14.9 Å². The van der Waals surface area contributed by atoms with E-state index in [1.54, 1.807) is 17.0 Å². The molecule has 0 N–H and O–H groups in total. The number of piperidine rings is 1. The summed E-state index contributed by atoms with van der Waals surface area (Å²) in [5.74, 6) is 0.345. The van der Waals surface area contributed by atoms with E-state index in [2.05, 4.69) is 16.7 Å². The third-order valence-corrected chi connectivity index (χ3v) is 6.39. The second-order valence-electron chi connectivity index (χ2n) is 8.41. The third kappa shape index (κ3) is 4.77. The number of nitro groups is 1. The van der Waals surface area contributed by atoms with Gasteiger partial charge in [0.15, 0.2) is 0 Å². The molecule has 0 saturated carbocycles. The minimum absolute atomic E-state index is 0.0116. The number of hydrogen-bond acceptors (Lipinski definition) is 5. The molecular formula is C23H27ClN4O3. The largest absolute Gasteiger partial charge is 0.368 e. The molecule has 1 unspecified atom stereocenters. The maximum absolute atomic E-state index is 13.1. The first-order chi connectivity index (χ1) is 14.9. The molecule has 2 aromatic rings. The van der Waals surface area contributed by atoms with Gasteiger partial charge in [0.05, 0.1) is 4.92 Å². The van der Waals surface area contributed by atoms with Gasteiger partial charge in [-0.15, -0.1) is 0 Å². The van der Waals surface area contributed by atoms with Gasteiger partial charge in [0, 0.05) is 61.6 Å².